The minimum atomic E-state index is -1.06. The fourth-order valence-electron chi connectivity index (χ4n) is 2.78. The maximum absolute atomic E-state index is 12.6. The predicted octanol–water partition coefficient (Wildman–Crippen LogP) is 1.58. The molecular formula is C19H19N5O. The third-order valence-corrected chi connectivity index (χ3v) is 4.13. The number of rotatable bonds is 7. The Hall–Kier alpha value is -3.12. The van der Waals surface area contributed by atoms with Crippen molar-refractivity contribution >= 4 is 5.91 Å². The van der Waals surface area contributed by atoms with E-state index in [0.29, 0.717) is 13.0 Å². The Kier molecular flexibility index (Phi) is 5.11. The number of hydrogen-bond acceptors (Lipinski definition) is 5. The molecule has 0 spiro atoms. The molecule has 0 bridgehead atoms. The number of primary amides is 1. The lowest BCUT2D eigenvalue weighted by Gasteiger charge is -2.32. The smallest absolute Gasteiger partial charge is 0.242 e. The van der Waals surface area contributed by atoms with Gasteiger partial charge in [-0.2, -0.15) is 0 Å². The highest BCUT2D eigenvalue weighted by Gasteiger charge is 2.38. The fourth-order valence-corrected chi connectivity index (χ4v) is 2.78. The highest BCUT2D eigenvalue weighted by atomic mass is 16.1. The van der Waals surface area contributed by atoms with Crippen LogP contribution in [0.2, 0.25) is 0 Å². The van der Waals surface area contributed by atoms with E-state index in [9.17, 15) is 4.79 Å². The van der Waals surface area contributed by atoms with Gasteiger partial charge in [0.1, 0.15) is 5.54 Å². The van der Waals surface area contributed by atoms with Crippen molar-refractivity contribution in [2.75, 3.05) is 0 Å². The summed E-state index contributed by atoms with van der Waals surface area (Å²) in [5.74, 6) is -0.445. The number of hydrogen-bond donors (Lipinski definition) is 2. The Balaban J connectivity index is 1.97. The molecule has 0 aliphatic heterocycles. The van der Waals surface area contributed by atoms with Gasteiger partial charge in [0.15, 0.2) is 0 Å². The lowest BCUT2D eigenvalue weighted by atomic mass is 9.83. The average Bonchev–Trinajstić information content (AvgIpc) is 2.67. The summed E-state index contributed by atoms with van der Waals surface area (Å²) in [4.78, 5) is 24.7. The van der Waals surface area contributed by atoms with Gasteiger partial charge in [-0.25, -0.2) is 0 Å². The lowest BCUT2D eigenvalue weighted by Crippen LogP contribution is -2.54. The number of pyridine rings is 3. The van der Waals surface area contributed by atoms with E-state index in [1.165, 1.54) is 0 Å². The number of carbonyl (C=O) groups is 1. The molecule has 6 nitrogen and oxygen atoms in total. The van der Waals surface area contributed by atoms with Crippen LogP contribution in [0, 0.1) is 0 Å². The molecule has 3 heterocycles. The zero-order valence-electron chi connectivity index (χ0n) is 13.7. The maximum atomic E-state index is 12.6. The van der Waals surface area contributed by atoms with Crippen molar-refractivity contribution in [2.45, 2.75) is 18.5 Å². The van der Waals surface area contributed by atoms with Crippen LogP contribution in [0.25, 0.3) is 0 Å². The van der Waals surface area contributed by atoms with Gasteiger partial charge in [-0.05, 0) is 47.0 Å². The Morgan fingerprint density at radius 1 is 0.920 bits per heavy atom. The summed E-state index contributed by atoms with van der Waals surface area (Å²) in [7, 11) is 0. The summed E-state index contributed by atoms with van der Waals surface area (Å²) in [5.41, 5.74) is 7.51. The number of amides is 1. The van der Waals surface area contributed by atoms with E-state index in [0.717, 1.165) is 16.7 Å². The Morgan fingerprint density at radius 2 is 1.60 bits per heavy atom. The van der Waals surface area contributed by atoms with Gasteiger partial charge in [-0.3, -0.25) is 25.1 Å². The van der Waals surface area contributed by atoms with E-state index >= 15 is 0 Å². The maximum Gasteiger partial charge on any atom is 0.242 e. The molecule has 1 atom stereocenters. The third-order valence-electron chi connectivity index (χ3n) is 4.13. The number of nitrogens with zero attached hydrogens (tertiary/aromatic N) is 3. The molecule has 3 N–H and O–H groups in total. The summed E-state index contributed by atoms with van der Waals surface area (Å²) in [6.07, 6.45) is 10.6. The van der Waals surface area contributed by atoms with Crippen LogP contribution in [0.15, 0.2) is 73.6 Å². The van der Waals surface area contributed by atoms with Crippen LogP contribution in [0.3, 0.4) is 0 Å². The summed E-state index contributed by atoms with van der Waals surface area (Å²) in [6.45, 7) is 0.462. The molecule has 1 unspecified atom stereocenters. The van der Waals surface area contributed by atoms with Crippen molar-refractivity contribution < 1.29 is 4.79 Å². The van der Waals surface area contributed by atoms with Crippen molar-refractivity contribution in [2.24, 2.45) is 5.73 Å². The Labute approximate surface area is 146 Å². The first-order valence-electron chi connectivity index (χ1n) is 7.94. The van der Waals surface area contributed by atoms with E-state index in [1.54, 1.807) is 37.2 Å². The van der Waals surface area contributed by atoms with Crippen LogP contribution in [0.1, 0.15) is 16.7 Å². The summed E-state index contributed by atoms with van der Waals surface area (Å²) < 4.78 is 0. The molecule has 25 heavy (non-hydrogen) atoms. The standard InChI is InChI=1S/C19H19N5O/c20-18(25)19(17-5-10-22-11-6-17,12-15-3-8-21-9-4-15)24-14-16-2-1-7-23-13-16/h1-11,13,24H,12,14H2,(H2,20,25). The highest BCUT2D eigenvalue weighted by Crippen LogP contribution is 2.26. The van der Waals surface area contributed by atoms with Crippen molar-refractivity contribution in [1.29, 1.82) is 0 Å². The SMILES string of the molecule is NC(=O)C(Cc1ccncc1)(NCc1cccnc1)c1ccncc1. The van der Waals surface area contributed by atoms with Crippen LogP contribution in [0.4, 0.5) is 0 Å². The highest BCUT2D eigenvalue weighted by molar-refractivity contribution is 5.86. The molecule has 0 aliphatic rings. The molecule has 3 aromatic rings. The topological polar surface area (TPSA) is 93.8 Å². The Morgan fingerprint density at radius 3 is 2.20 bits per heavy atom. The van der Waals surface area contributed by atoms with Gasteiger partial charge in [0, 0.05) is 50.1 Å². The van der Waals surface area contributed by atoms with Crippen LogP contribution < -0.4 is 11.1 Å². The molecule has 0 fully saturated rings. The molecule has 126 valence electrons. The molecule has 0 aliphatic carbocycles. The number of carbonyl (C=O) groups excluding carboxylic acids is 1. The molecular weight excluding hydrogens is 314 g/mol. The minimum absolute atomic E-state index is 0.412. The quantitative estimate of drug-likeness (QED) is 0.685. The molecule has 6 heteroatoms. The van der Waals surface area contributed by atoms with E-state index < -0.39 is 11.4 Å². The summed E-state index contributed by atoms with van der Waals surface area (Å²) in [5, 5.41) is 3.35. The fraction of sp³-hybridized carbons (Fsp3) is 0.158. The van der Waals surface area contributed by atoms with Gasteiger partial charge in [0.05, 0.1) is 0 Å². The van der Waals surface area contributed by atoms with E-state index in [-0.39, 0.29) is 0 Å². The van der Waals surface area contributed by atoms with Gasteiger partial charge < -0.3 is 5.73 Å². The van der Waals surface area contributed by atoms with Crippen LogP contribution >= 0.6 is 0 Å². The van der Waals surface area contributed by atoms with Crippen LogP contribution in [0.5, 0.6) is 0 Å². The molecule has 0 radical (unpaired) electrons. The van der Waals surface area contributed by atoms with Gasteiger partial charge in [-0.1, -0.05) is 6.07 Å². The summed E-state index contributed by atoms with van der Waals surface area (Å²) >= 11 is 0. The second-order valence-corrected chi connectivity index (χ2v) is 5.75. The van der Waals surface area contributed by atoms with Gasteiger partial charge >= 0.3 is 0 Å². The summed E-state index contributed by atoms with van der Waals surface area (Å²) in [6, 6.07) is 11.2. The van der Waals surface area contributed by atoms with Crippen molar-refractivity contribution in [3.63, 3.8) is 0 Å². The average molecular weight is 333 g/mol. The second kappa shape index (κ2) is 7.63. The number of nitrogens with one attached hydrogen (secondary N) is 1. The third kappa shape index (κ3) is 3.87. The van der Waals surface area contributed by atoms with E-state index in [1.807, 2.05) is 36.4 Å². The molecule has 1 amide bonds. The van der Waals surface area contributed by atoms with Gasteiger partial charge in [-0.15, -0.1) is 0 Å². The molecule has 3 rings (SSSR count). The van der Waals surface area contributed by atoms with Crippen LogP contribution in [-0.2, 0) is 23.3 Å². The molecule has 3 aromatic heterocycles. The van der Waals surface area contributed by atoms with E-state index in [4.69, 9.17) is 5.73 Å². The van der Waals surface area contributed by atoms with Crippen molar-refractivity contribution in [3.8, 4) is 0 Å². The zero-order chi connectivity index (χ0) is 17.5. The van der Waals surface area contributed by atoms with Gasteiger partial charge in [0.25, 0.3) is 0 Å². The first kappa shape index (κ1) is 16.7. The molecule has 0 saturated heterocycles. The second-order valence-electron chi connectivity index (χ2n) is 5.75. The number of nitrogens with two attached hydrogens (primary N) is 1. The Bertz CT molecular complexity index is 811. The van der Waals surface area contributed by atoms with E-state index in [2.05, 4.69) is 20.3 Å². The minimum Gasteiger partial charge on any atom is -0.368 e. The monoisotopic (exact) mass is 333 g/mol. The first-order valence-corrected chi connectivity index (χ1v) is 7.94. The van der Waals surface area contributed by atoms with Gasteiger partial charge in [0.2, 0.25) is 5.91 Å². The zero-order valence-corrected chi connectivity index (χ0v) is 13.7. The van der Waals surface area contributed by atoms with Crippen LogP contribution in [-0.4, -0.2) is 20.9 Å². The first-order chi connectivity index (χ1) is 12.2. The number of aromatic nitrogens is 3. The largest absolute Gasteiger partial charge is 0.368 e. The molecule has 0 aromatic carbocycles. The lowest BCUT2D eigenvalue weighted by molar-refractivity contribution is -0.125. The van der Waals surface area contributed by atoms with Crippen molar-refractivity contribution in [3.05, 3.63) is 90.3 Å². The van der Waals surface area contributed by atoms with Crippen molar-refractivity contribution in [1.82, 2.24) is 20.3 Å². The normalized spacial score (nSPS) is 13.1. The molecule has 0 saturated carbocycles. The predicted molar refractivity (Wildman–Crippen MR) is 94.1 cm³/mol.